The summed E-state index contributed by atoms with van der Waals surface area (Å²) in [6.07, 6.45) is 5.27. The molecule has 0 unspecified atom stereocenters. The molecule has 5 heteroatoms. The van der Waals surface area contributed by atoms with Gasteiger partial charge in [0.15, 0.2) is 5.78 Å². The summed E-state index contributed by atoms with van der Waals surface area (Å²) in [7, 11) is 0. The highest BCUT2D eigenvalue weighted by atomic mass is 16.1. The van der Waals surface area contributed by atoms with Crippen molar-refractivity contribution in [2.75, 3.05) is 12.0 Å². The van der Waals surface area contributed by atoms with E-state index in [9.17, 15) is 9.59 Å². The smallest absolute Gasteiger partial charge is 0.246 e. The van der Waals surface area contributed by atoms with Gasteiger partial charge in [0.25, 0.3) is 0 Å². The van der Waals surface area contributed by atoms with Crippen LogP contribution >= 0.6 is 0 Å². The number of nitrogens with zero attached hydrogens (tertiary/aromatic N) is 1. The first-order valence-electron chi connectivity index (χ1n) is 6.71. The molecule has 0 atom stereocenters. The monoisotopic (exact) mass is 285 g/mol. The van der Waals surface area contributed by atoms with Crippen LogP contribution in [0.25, 0.3) is 0 Å². The van der Waals surface area contributed by atoms with Crippen molar-refractivity contribution < 1.29 is 9.59 Å². The number of carbonyl (C=O) groups is 2. The first kappa shape index (κ1) is 14.8. The van der Waals surface area contributed by atoms with E-state index in [0.717, 1.165) is 22.4 Å². The highest BCUT2D eigenvalue weighted by Gasteiger charge is 2.15. The summed E-state index contributed by atoms with van der Waals surface area (Å²) >= 11 is 0. The summed E-state index contributed by atoms with van der Waals surface area (Å²) in [5.41, 5.74) is 12.4. The van der Waals surface area contributed by atoms with E-state index < -0.39 is 5.91 Å². The minimum atomic E-state index is -0.434. The van der Waals surface area contributed by atoms with E-state index >= 15 is 0 Å². The molecule has 0 saturated heterocycles. The van der Waals surface area contributed by atoms with Crippen molar-refractivity contribution in [3.8, 4) is 0 Å². The van der Waals surface area contributed by atoms with Gasteiger partial charge >= 0.3 is 0 Å². The number of Topliss-reactive ketones (excluding diaryl/α,β-unsaturated/α-hetero) is 1. The number of hydrazine groups is 1. The van der Waals surface area contributed by atoms with Crippen molar-refractivity contribution in [3.05, 3.63) is 52.7 Å². The number of nitrogens with two attached hydrogens (primary N) is 1. The van der Waals surface area contributed by atoms with Gasteiger partial charge in [0.2, 0.25) is 5.91 Å². The number of anilines is 1. The zero-order valence-electron chi connectivity index (χ0n) is 12.4. The second kappa shape index (κ2) is 5.83. The van der Waals surface area contributed by atoms with Gasteiger partial charge in [-0.3, -0.25) is 20.0 Å². The molecule has 0 radical (unpaired) electrons. The number of benzene rings is 1. The SMILES string of the molecule is CC(=O)c1c(C)ccc(NN2C=CC=C(C(N)=O)C2)c1C. The minimum Gasteiger partial charge on any atom is -0.366 e. The maximum atomic E-state index is 11.7. The quantitative estimate of drug-likeness (QED) is 0.830. The molecular weight excluding hydrogens is 266 g/mol. The molecule has 0 saturated carbocycles. The summed E-state index contributed by atoms with van der Waals surface area (Å²) in [5, 5.41) is 1.77. The Morgan fingerprint density at radius 3 is 2.62 bits per heavy atom. The number of hydrogen-bond acceptors (Lipinski definition) is 4. The number of allylic oxidation sites excluding steroid dienone is 2. The Hall–Kier alpha value is -2.56. The van der Waals surface area contributed by atoms with Gasteiger partial charge < -0.3 is 5.73 Å². The van der Waals surface area contributed by atoms with Crippen LogP contribution in [-0.2, 0) is 4.79 Å². The van der Waals surface area contributed by atoms with Crippen LogP contribution in [-0.4, -0.2) is 23.2 Å². The van der Waals surface area contributed by atoms with Crippen LogP contribution in [0, 0.1) is 13.8 Å². The number of nitrogens with one attached hydrogen (secondary N) is 1. The molecule has 0 fully saturated rings. The Bertz CT molecular complexity index is 660. The fourth-order valence-electron chi connectivity index (χ4n) is 2.45. The number of rotatable bonds is 4. The molecule has 110 valence electrons. The van der Waals surface area contributed by atoms with E-state index in [0.29, 0.717) is 12.1 Å². The summed E-state index contributed by atoms with van der Waals surface area (Å²) in [6, 6.07) is 3.83. The molecule has 0 aromatic heterocycles. The molecule has 0 aliphatic carbocycles. The lowest BCUT2D eigenvalue weighted by molar-refractivity contribution is -0.114. The van der Waals surface area contributed by atoms with Crippen molar-refractivity contribution in [3.63, 3.8) is 0 Å². The van der Waals surface area contributed by atoms with Crippen LogP contribution in [0.1, 0.15) is 28.4 Å². The number of hydrogen-bond donors (Lipinski definition) is 2. The lowest BCUT2D eigenvalue weighted by Crippen LogP contribution is -2.32. The molecule has 0 spiro atoms. The largest absolute Gasteiger partial charge is 0.366 e. The molecule has 1 aromatic rings. The highest BCUT2D eigenvalue weighted by molar-refractivity contribution is 5.98. The van der Waals surface area contributed by atoms with E-state index in [1.54, 1.807) is 24.1 Å². The molecule has 1 amide bonds. The van der Waals surface area contributed by atoms with Crippen molar-refractivity contribution >= 4 is 17.4 Å². The topological polar surface area (TPSA) is 75.4 Å². The van der Waals surface area contributed by atoms with E-state index in [2.05, 4.69) is 5.43 Å². The van der Waals surface area contributed by atoms with Crippen LogP contribution in [0.3, 0.4) is 0 Å². The van der Waals surface area contributed by atoms with Gasteiger partial charge in [-0.05, 0) is 44.0 Å². The van der Waals surface area contributed by atoms with Gasteiger partial charge in [-0.1, -0.05) is 12.1 Å². The lowest BCUT2D eigenvalue weighted by atomic mass is 9.98. The van der Waals surface area contributed by atoms with E-state index in [1.165, 1.54) is 0 Å². The highest BCUT2D eigenvalue weighted by Crippen LogP contribution is 2.24. The van der Waals surface area contributed by atoms with Crippen LogP contribution in [0.15, 0.2) is 36.1 Å². The Labute approximate surface area is 124 Å². The number of primary amides is 1. The van der Waals surface area contributed by atoms with Crippen molar-refractivity contribution in [2.24, 2.45) is 5.73 Å². The van der Waals surface area contributed by atoms with E-state index in [4.69, 9.17) is 5.73 Å². The maximum Gasteiger partial charge on any atom is 0.246 e. The number of aryl methyl sites for hydroxylation is 1. The lowest BCUT2D eigenvalue weighted by Gasteiger charge is -2.26. The summed E-state index contributed by atoms with van der Waals surface area (Å²) in [4.78, 5) is 23.0. The van der Waals surface area contributed by atoms with Crippen molar-refractivity contribution in [2.45, 2.75) is 20.8 Å². The normalized spacial score (nSPS) is 13.9. The Kier molecular flexibility index (Phi) is 4.12. The second-order valence-electron chi connectivity index (χ2n) is 5.12. The van der Waals surface area contributed by atoms with Gasteiger partial charge in [0, 0.05) is 17.3 Å². The van der Waals surface area contributed by atoms with E-state index in [1.807, 2.05) is 32.2 Å². The Morgan fingerprint density at radius 1 is 1.29 bits per heavy atom. The number of ketones is 1. The summed E-state index contributed by atoms with van der Waals surface area (Å²) in [5.74, 6) is -0.392. The molecule has 2 rings (SSSR count). The third-order valence-corrected chi connectivity index (χ3v) is 3.51. The van der Waals surface area contributed by atoms with Gasteiger partial charge in [0.05, 0.1) is 12.2 Å². The van der Waals surface area contributed by atoms with Gasteiger partial charge in [-0.25, -0.2) is 0 Å². The van der Waals surface area contributed by atoms with Crippen molar-refractivity contribution in [1.29, 1.82) is 0 Å². The summed E-state index contributed by atoms with van der Waals surface area (Å²) < 4.78 is 0. The zero-order chi connectivity index (χ0) is 15.6. The van der Waals surface area contributed by atoms with Crippen LogP contribution in [0.5, 0.6) is 0 Å². The standard InChI is InChI=1S/C16H19N3O2/c1-10-6-7-14(11(2)15(10)12(3)20)18-19-8-4-5-13(9-19)16(17)21/h4-8,18H,9H2,1-3H3,(H2,17,21). The minimum absolute atomic E-state index is 0.0422. The van der Waals surface area contributed by atoms with Gasteiger partial charge in [-0.2, -0.15) is 0 Å². The molecule has 1 aliphatic heterocycles. The summed E-state index contributed by atoms with van der Waals surface area (Å²) in [6.45, 7) is 5.77. The second-order valence-corrected chi connectivity index (χ2v) is 5.12. The first-order chi connectivity index (χ1) is 9.90. The van der Waals surface area contributed by atoms with Crippen LogP contribution in [0.2, 0.25) is 0 Å². The molecule has 1 aliphatic rings. The fraction of sp³-hybridized carbons (Fsp3) is 0.250. The van der Waals surface area contributed by atoms with Crippen LogP contribution < -0.4 is 11.2 Å². The van der Waals surface area contributed by atoms with Crippen LogP contribution in [0.4, 0.5) is 5.69 Å². The number of amides is 1. The molecule has 5 nitrogen and oxygen atoms in total. The first-order valence-corrected chi connectivity index (χ1v) is 6.71. The van der Waals surface area contributed by atoms with E-state index in [-0.39, 0.29) is 5.78 Å². The van der Waals surface area contributed by atoms with Gasteiger partial charge in [0.1, 0.15) is 0 Å². The average molecular weight is 285 g/mol. The molecule has 3 N–H and O–H groups in total. The molecular formula is C16H19N3O2. The zero-order valence-corrected chi connectivity index (χ0v) is 12.4. The van der Waals surface area contributed by atoms with Crippen molar-refractivity contribution in [1.82, 2.24) is 5.01 Å². The molecule has 0 bridgehead atoms. The third kappa shape index (κ3) is 3.13. The Morgan fingerprint density at radius 2 is 2.00 bits per heavy atom. The predicted octanol–water partition coefficient (Wildman–Crippen LogP) is 2.07. The maximum absolute atomic E-state index is 11.7. The van der Waals surface area contributed by atoms with Gasteiger partial charge in [-0.15, -0.1) is 0 Å². The fourth-order valence-corrected chi connectivity index (χ4v) is 2.45. The number of carbonyl (C=O) groups excluding carboxylic acids is 2. The molecule has 21 heavy (non-hydrogen) atoms. The third-order valence-electron chi connectivity index (χ3n) is 3.51. The Balaban J connectivity index is 2.24. The molecule has 1 heterocycles. The average Bonchev–Trinajstić information content (AvgIpc) is 2.42. The molecule has 1 aromatic carbocycles. The predicted molar refractivity (Wildman–Crippen MR) is 82.7 cm³/mol.